The fraction of sp³-hybridized carbons (Fsp3) is 0.133. The minimum Gasteiger partial charge on any atom is -0.319 e. The fourth-order valence-corrected chi connectivity index (χ4v) is 2.76. The normalized spacial score (nSPS) is 11.6. The zero-order chi connectivity index (χ0) is 18.1. The molecule has 1 amide bonds. The van der Waals surface area contributed by atoms with Gasteiger partial charge in [-0.1, -0.05) is 0 Å². The second kappa shape index (κ2) is 6.62. The number of nitrogens with one attached hydrogen (secondary N) is 1. The first-order valence-electron chi connectivity index (χ1n) is 6.61. The van der Waals surface area contributed by atoms with Crippen LogP contribution in [0, 0.1) is 17.5 Å². The van der Waals surface area contributed by atoms with Crippen molar-refractivity contribution in [1.29, 1.82) is 0 Å². The lowest BCUT2D eigenvalue weighted by Crippen LogP contribution is -2.23. The van der Waals surface area contributed by atoms with E-state index in [0.717, 1.165) is 34.6 Å². The first kappa shape index (κ1) is 18.0. The minimum absolute atomic E-state index is 0.293. The Bertz CT molecular complexity index is 899. The van der Waals surface area contributed by atoms with Gasteiger partial charge in [0.1, 0.15) is 17.5 Å². The van der Waals surface area contributed by atoms with Crippen LogP contribution in [0.15, 0.2) is 41.3 Å². The van der Waals surface area contributed by atoms with E-state index < -0.39 is 38.9 Å². The van der Waals surface area contributed by atoms with Crippen molar-refractivity contribution in [2.75, 3.05) is 19.4 Å². The Balaban J connectivity index is 2.39. The van der Waals surface area contributed by atoms with Crippen molar-refractivity contribution in [2.45, 2.75) is 4.90 Å². The van der Waals surface area contributed by atoms with Crippen LogP contribution in [0.3, 0.4) is 0 Å². The van der Waals surface area contributed by atoms with E-state index in [-0.39, 0.29) is 10.6 Å². The van der Waals surface area contributed by atoms with E-state index in [4.69, 9.17) is 0 Å². The Labute approximate surface area is 136 Å². The summed E-state index contributed by atoms with van der Waals surface area (Å²) in [7, 11) is -1.31. The van der Waals surface area contributed by atoms with Crippen molar-refractivity contribution in [2.24, 2.45) is 0 Å². The van der Waals surface area contributed by atoms with Crippen molar-refractivity contribution < 1.29 is 26.4 Å². The molecule has 0 heterocycles. The Morgan fingerprint density at radius 2 is 1.67 bits per heavy atom. The van der Waals surface area contributed by atoms with Gasteiger partial charge in [0.2, 0.25) is 10.0 Å². The Morgan fingerprint density at radius 1 is 1.00 bits per heavy atom. The summed E-state index contributed by atoms with van der Waals surface area (Å²) < 4.78 is 65.2. The number of carbonyl (C=O) groups is 1. The first-order chi connectivity index (χ1) is 11.1. The molecule has 0 fully saturated rings. The van der Waals surface area contributed by atoms with Gasteiger partial charge in [0.05, 0.1) is 16.1 Å². The number of halogens is 3. The molecule has 5 nitrogen and oxygen atoms in total. The molecule has 0 bridgehead atoms. The number of hydrogen-bond donors (Lipinski definition) is 1. The molecule has 24 heavy (non-hydrogen) atoms. The third kappa shape index (κ3) is 3.57. The monoisotopic (exact) mass is 358 g/mol. The largest absolute Gasteiger partial charge is 0.319 e. The average molecular weight is 358 g/mol. The predicted octanol–water partition coefficient (Wildman–Crippen LogP) is 2.61. The molecule has 128 valence electrons. The smallest absolute Gasteiger partial charge is 0.258 e. The number of hydrogen-bond acceptors (Lipinski definition) is 3. The third-order valence-electron chi connectivity index (χ3n) is 3.14. The van der Waals surface area contributed by atoms with Crippen LogP contribution in [0.2, 0.25) is 0 Å². The molecule has 0 aliphatic carbocycles. The molecule has 0 unspecified atom stereocenters. The van der Waals surface area contributed by atoms with Crippen LogP contribution in [0.25, 0.3) is 0 Å². The van der Waals surface area contributed by atoms with Gasteiger partial charge in [-0.25, -0.2) is 25.9 Å². The zero-order valence-corrected chi connectivity index (χ0v) is 13.5. The maximum atomic E-state index is 13.9. The van der Waals surface area contributed by atoms with Crippen LogP contribution in [0.5, 0.6) is 0 Å². The highest BCUT2D eigenvalue weighted by molar-refractivity contribution is 7.89. The molecule has 1 N–H and O–H groups in total. The first-order valence-corrected chi connectivity index (χ1v) is 8.05. The molecule has 0 aliphatic rings. The van der Waals surface area contributed by atoms with Gasteiger partial charge in [0.25, 0.3) is 5.91 Å². The van der Waals surface area contributed by atoms with Gasteiger partial charge in [-0.05, 0) is 30.3 Å². The van der Waals surface area contributed by atoms with Crippen molar-refractivity contribution in [1.82, 2.24) is 4.31 Å². The topological polar surface area (TPSA) is 66.5 Å². The van der Waals surface area contributed by atoms with Gasteiger partial charge < -0.3 is 5.32 Å². The highest BCUT2D eigenvalue weighted by atomic mass is 32.2. The molecule has 0 aromatic heterocycles. The van der Waals surface area contributed by atoms with E-state index in [1.54, 1.807) is 0 Å². The molecular formula is C15H13F3N2O3S. The summed E-state index contributed by atoms with van der Waals surface area (Å²) in [5.41, 5.74) is -0.941. The minimum atomic E-state index is -3.87. The van der Waals surface area contributed by atoms with Gasteiger partial charge in [0, 0.05) is 20.2 Å². The van der Waals surface area contributed by atoms with Gasteiger partial charge in [-0.2, -0.15) is 0 Å². The molecule has 9 heteroatoms. The maximum absolute atomic E-state index is 13.9. The van der Waals surface area contributed by atoms with E-state index in [1.807, 2.05) is 0 Å². The van der Waals surface area contributed by atoms with Crippen LogP contribution in [-0.4, -0.2) is 32.7 Å². The molecule has 0 spiro atoms. The summed E-state index contributed by atoms with van der Waals surface area (Å²) in [5.74, 6) is -3.92. The number of anilines is 1. The van der Waals surface area contributed by atoms with Crippen molar-refractivity contribution >= 4 is 21.6 Å². The van der Waals surface area contributed by atoms with Crippen molar-refractivity contribution in [3.63, 3.8) is 0 Å². The van der Waals surface area contributed by atoms with E-state index in [0.29, 0.717) is 6.07 Å². The van der Waals surface area contributed by atoms with Crippen LogP contribution < -0.4 is 5.32 Å². The molecular weight excluding hydrogens is 345 g/mol. The number of carbonyl (C=O) groups excluding carboxylic acids is 1. The lowest BCUT2D eigenvalue weighted by molar-refractivity contribution is 0.102. The fourth-order valence-electron chi connectivity index (χ4n) is 1.83. The van der Waals surface area contributed by atoms with Crippen LogP contribution >= 0.6 is 0 Å². The van der Waals surface area contributed by atoms with Gasteiger partial charge in [-0.3, -0.25) is 4.79 Å². The number of nitrogens with zero attached hydrogens (tertiary/aromatic N) is 1. The zero-order valence-electron chi connectivity index (χ0n) is 12.7. The number of rotatable bonds is 4. The second-order valence-corrected chi connectivity index (χ2v) is 7.16. The Kier molecular flexibility index (Phi) is 4.95. The van der Waals surface area contributed by atoms with Gasteiger partial charge in [-0.15, -0.1) is 0 Å². The summed E-state index contributed by atoms with van der Waals surface area (Å²) in [6.45, 7) is 0. The quantitative estimate of drug-likeness (QED) is 0.914. The summed E-state index contributed by atoms with van der Waals surface area (Å²) in [6, 6.07) is 5.13. The van der Waals surface area contributed by atoms with Crippen molar-refractivity contribution in [3.8, 4) is 0 Å². The molecule has 2 aromatic carbocycles. The lowest BCUT2D eigenvalue weighted by atomic mass is 10.2. The van der Waals surface area contributed by atoms with E-state index in [2.05, 4.69) is 5.32 Å². The van der Waals surface area contributed by atoms with E-state index in [9.17, 15) is 26.4 Å². The molecule has 2 aromatic rings. The van der Waals surface area contributed by atoms with E-state index >= 15 is 0 Å². The van der Waals surface area contributed by atoms with Gasteiger partial charge in [0.15, 0.2) is 0 Å². The SMILES string of the molecule is CN(C)S(=O)(=O)c1ccc(F)c(C(=O)Nc2ccc(F)cc2F)c1. The summed E-state index contributed by atoms with van der Waals surface area (Å²) in [4.78, 5) is 11.8. The standard InChI is InChI=1S/C15H13F3N2O3S/c1-20(2)24(22,23)10-4-5-12(17)11(8-10)15(21)19-14-6-3-9(16)7-13(14)18/h3-8H,1-2H3,(H,19,21). The van der Waals surface area contributed by atoms with Crippen LogP contribution in [0.1, 0.15) is 10.4 Å². The molecule has 0 saturated heterocycles. The highest BCUT2D eigenvalue weighted by Gasteiger charge is 2.22. The Hall–Kier alpha value is -2.39. The van der Waals surface area contributed by atoms with Crippen LogP contribution in [-0.2, 0) is 10.0 Å². The predicted molar refractivity (Wildman–Crippen MR) is 81.6 cm³/mol. The molecule has 0 saturated carbocycles. The highest BCUT2D eigenvalue weighted by Crippen LogP contribution is 2.20. The van der Waals surface area contributed by atoms with Gasteiger partial charge >= 0.3 is 0 Å². The number of benzene rings is 2. The lowest BCUT2D eigenvalue weighted by Gasteiger charge is -2.13. The number of sulfonamides is 1. The Morgan fingerprint density at radius 3 is 2.25 bits per heavy atom. The molecule has 0 aliphatic heterocycles. The molecule has 0 atom stereocenters. The van der Waals surface area contributed by atoms with Crippen molar-refractivity contribution in [3.05, 3.63) is 59.4 Å². The average Bonchev–Trinajstić information content (AvgIpc) is 2.50. The second-order valence-electron chi connectivity index (χ2n) is 5.01. The van der Waals surface area contributed by atoms with Crippen LogP contribution in [0.4, 0.5) is 18.9 Å². The summed E-state index contributed by atoms with van der Waals surface area (Å²) in [5, 5.41) is 2.07. The molecule has 2 rings (SSSR count). The summed E-state index contributed by atoms with van der Waals surface area (Å²) >= 11 is 0. The van der Waals surface area contributed by atoms with E-state index in [1.165, 1.54) is 14.1 Å². The number of amides is 1. The third-order valence-corrected chi connectivity index (χ3v) is 4.95. The summed E-state index contributed by atoms with van der Waals surface area (Å²) in [6.07, 6.45) is 0. The maximum Gasteiger partial charge on any atom is 0.258 e. The molecule has 0 radical (unpaired) electrons.